The molecule has 0 aliphatic heterocycles. The fourth-order valence-corrected chi connectivity index (χ4v) is 2.82. The average molecular weight is 371 g/mol. The maximum absolute atomic E-state index is 12.6. The number of halogens is 3. The molecule has 1 aliphatic carbocycles. The average Bonchev–Trinajstić information content (AvgIpc) is 3.41. The van der Waals surface area contributed by atoms with Gasteiger partial charge in [-0.25, -0.2) is 4.98 Å². The van der Waals surface area contributed by atoms with Crippen molar-refractivity contribution in [3.63, 3.8) is 0 Å². The van der Waals surface area contributed by atoms with E-state index in [1.807, 2.05) is 4.57 Å². The third-order valence-electron chi connectivity index (χ3n) is 4.27. The molecule has 2 aromatic heterocycles. The molecule has 1 fully saturated rings. The molecule has 1 saturated carbocycles. The van der Waals surface area contributed by atoms with Gasteiger partial charge >= 0.3 is 6.18 Å². The second-order valence-corrected chi connectivity index (χ2v) is 6.24. The summed E-state index contributed by atoms with van der Waals surface area (Å²) in [5.74, 6) is -0.304. The van der Waals surface area contributed by atoms with Crippen molar-refractivity contribution in [3.05, 3.63) is 53.3 Å². The first kappa shape index (κ1) is 17.0. The van der Waals surface area contributed by atoms with E-state index in [9.17, 15) is 18.0 Å². The highest BCUT2D eigenvalue weighted by atomic mass is 19.4. The fraction of sp³-hybridized carbons (Fsp3) is 0.222. The van der Waals surface area contributed by atoms with Crippen LogP contribution in [0.3, 0.4) is 0 Å². The Hall–Kier alpha value is -3.41. The summed E-state index contributed by atoms with van der Waals surface area (Å²) in [4.78, 5) is 20.1. The van der Waals surface area contributed by atoms with Crippen LogP contribution in [0.25, 0.3) is 11.0 Å². The Kier molecular flexibility index (Phi) is 3.84. The van der Waals surface area contributed by atoms with Gasteiger partial charge in [0.25, 0.3) is 5.91 Å². The normalized spacial score (nSPS) is 14.1. The molecule has 0 saturated heterocycles. The van der Waals surface area contributed by atoms with Crippen molar-refractivity contribution in [1.82, 2.24) is 14.5 Å². The minimum atomic E-state index is -4.56. The second-order valence-electron chi connectivity index (χ2n) is 6.24. The van der Waals surface area contributed by atoms with Crippen LogP contribution in [-0.4, -0.2) is 20.4 Å². The summed E-state index contributed by atoms with van der Waals surface area (Å²) in [6.45, 7) is 0. The Morgan fingerprint density at radius 1 is 1.26 bits per heavy atom. The molecule has 0 radical (unpaired) electrons. The van der Waals surface area contributed by atoms with Gasteiger partial charge in [0.1, 0.15) is 5.69 Å². The van der Waals surface area contributed by atoms with Crippen molar-refractivity contribution >= 4 is 22.9 Å². The predicted molar refractivity (Wildman–Crippen MR) is 89.9 cm³/mol. The molecule has 1 aliphatic rings. The molecule has 3 aromatic rings. The number of carbonyl (C=O) groups excluding carboxylic acids is 1. The summed E-state index contributed by atoms with van der Waals surface area (Å²) in [6.07, 6.45) is -1.83. The van der Waals surface area contributed by atoms with Gasteiger partial charge in [-0.2, -0.15) is 18.4 Å². The molecule has 27 heavy (non-hydrogen) atoms. The van der Waals surface area contributed by atoms with Gasteiger partial charge < -0.3 is 4.57 Å². The second kappa shape index (κ2) is 6.09. The number of nitrogens with one attached hydrogen (secondary N) is 1. The van der Waals surface area contributed by atoms with Crippen LogP contribution in [0.4, 0.5) is 19.1 Å². The van der Waals surface area contributed by atoms with Gasteiger partial charge in [-0.15, -0.1) is 0 Å². The number of amides is 1. The Morgan fingerprint density at radius 2 is 2.04 bits per heavy atom. The molecule has 4 rings (SSSR count). The van der Waals surface area contributed by atoms with Gasteiger partial charge in [-0.1, -0.05) is 0 Å². The van der Waals surface area contributed by atoms with Gasteiger partial charge in [0.15, 0.2) is 0 Å². The molecule has 1 aromatic carbocycles. The molecule has 2 heterocycles. The Bertz CT molecular complexity index is 1080. The van der Waals surface area contributed by atoms with Crippen LogP contribution >= 0.6 is 0 Å². The molecule has 0 unspecified atom stereocenters. The van der Waals surface area contributed by atoms with Crippen LogP contribution in [0.15, 0.2) is 36.5 Å². The molecule has 9 heteroatoms. The number of aromatic nitrogens is 3. The van der Waals surface area contributed by atoms with Crippen LogP contribution < -0.4 is 5.32 Å². The molecular formula is C18H12F3N5O. The summed E-state index contributed by atoms with van der Waals surface area (Å²) in [5.41, 5.74) is 0.775. The predicted octanol–water partition coefficient (Wildman–Crippen LogP) is 3.91. The first-order valence-electron chi connectivity index (χ1n) is 8.13. The number of alkyl halides is 3. The zero-order chi connectivity index (χ0) is 19.2. The SMILES string of the molecule is N#Cc1ccc2nc(NC(=O)c3ccc(C(F)(F)F)nc3)n(C3CC3)c2c1. The zero-order valence-corrected chi connectivity index (χ0v) is 13.8. The molecule has 6 nitrogen and oxygen atoms in total. The number of pyridine rings is 1. The maximum atomic E-state index is 12.6. The number of hydrogen-bond acceptors (Lipinski definition) is 4. The Balaban J connectivity index is 1.66. The van der Waals surface area contributed by atoms with Crippen molar-refractivity contribution in [2.75, 3.05) is 5.32 Å². The van der Waals surface area contributed by atoms with Gasteiger partial charge in [0.2, 0.25) is 5.95 Å². The minimum absolute atomic E-state index is 0.00452. The minimum Gasteiger partial charge on any atom is -0.307 e. The van der Waals surface area contributed by atoms with Crippen molar-refractivity contribution in [2.45, 2.75) is 25.1 Å². The fourth-order valence-electron chi connectivity index (χ4n) is 2.82. The van der Waals surface area contributed by atoms with Crippen molar-refractivity contribution in [3.8, 4) is 6.07 Å². The third-order valence-corrected chi connectivity index (χ3v) is 4.27. The lowest BCUT2D eigenvalue weighted by atomic mass is 10.2. The number of imidazole rings is 1. The van der Waals surface area contributed by atoms with Gasteiger partial charge in [-0.05, 0) is 43.2 Å². The monoisotopic (exact) mass is 371 g/mol. The van der Waals surface area contributed by atoms with Gasteiger partial charge in [-0.3, -0.25) is 15.1 Å². The highest BCUT2D eigenvalue weighted by Crippen LogP contribution is 2.40. The van der Waals surface area contributed by atoms with Crippen LogP contribution in [-0.2, 0) is 6.18 Å². The summed E-state index contributed by atoms with van der Waals surface area (Å²) < 4.78 is 39.6. The molecule has 0 bridgehead atoms. The quantitative estimate of drug-likeness (QED) is 0.757. The largest absolute Gasteiger partial charge is 0.433 e. The van der Waals surface area contributed by atoms with E-state index in [0.717, 1.165) is 36.7 Å². The summed E-state index contributed by atoms with van der Waals surface area (Å²) in [6, 6.07) is 9.11. The molecule has 0 atom stereocenters. The van der Waals surface area contributed by atoms with Crippen molar-refractivity contribution in [1.29, 1.82) is 5.26 Å². The van der Waals surface area contributed by atoms with Crippen LogP contribution in [0.5, 0.6) is 0 Å². The molecule has 136 valence electrons. The smallest absolute Gasteiger partial charge is 0.307 e. The lowest BCUT2D eigenvalue weighted by Gasteiger charge is -2.10. The van der Waals surface area contributed by atoms with Crippen molar-refractivity contribution in [2.24, 2.45) is 0 Å². The van der Waals surface area contributed by atoms with Gasteiger partial charge in [0.05, 0.1) is 28.2 Å². The van der Waals surface area contributed by atoms with E-state index < -0.39 is 17.8 Å². The number of benzene rings is 1. The maximum Gasteiger partial charge on any atom is 0.433 e. The molecule has 1 N–H and O–H groups in total. The lowest BCUT2D eigenvalue weighted by Crippen LogP contribution is -2.17. The number of carbonyl (C=O) groups is 1. The van der Waals surface area contributed by atoms with E-state index in [2.05, 4.69) is 21.4 Å². The van der Waals surface area contributed by atoms with E-state index >= 15 is 0 Å². The van der Waals surface area contributed by atoms with Crippen molar-refractivity contribution < 1.29 is 18.0 Å². The number of anilines is 1. The van der Waals surface area contributed by atoms with E-state index in [4.69, 9.17) is 5.26 Å². The molecular weight excluding hydrogens is 359 g/mol. The van der Waals surface area contributed by atoms with Crippen LogP contribution in [0.1, 0.15) is 40.5 Å². The van der Waals surface area contributed by atoms with Crippen LogP contribution in [0, 0.1) is 11.3 Å². The number of rotatable bonds is 3. The van der Waals surface area contributed by atoms with E-state index in [1.54, 1.807) is 18.2 Å². The standard InChI is InChI=1S/C18H12F3N5O/c19-18(20,21)15-6-2-11(9-23-15)16(27)25-17-24-13-5-1-10(8-22)7-14(13)26(17)12-3-4-12/h1-2,5-7,9,12H,3-4H2,(H,24,25,27). The number of hydrogen-bond donors (Lipinski definition) is 1. The Labute approximate surface area is 151 Å². The molecule has 1 amide bonds. The summed E-state index contributed by atoms with van der Waals surface area (Å²) >= 11 is 0. The highest BCUT2D eigenvalue weighted by Gasteiger charge is 2.32. The first-order valence-corrected chi connectivity index (χ1v) is 8.13. The van der Waals surface area contributed by atoms with E-state index in [1.165, 1.54) is 0 Å². The number of nitrogens with zero attached hydrogens (tertiary/aromatic N) is 4. The van der Waals surface area contributed by atoms with E-state index in [0.29, 0.717) is 17.0 Å². The summed E-state index contributed by atoms with van der Waals surface area (Å²) in [7, 11) is 0. The zero-order valence-electron chi connectivity index (χ0n) is 13.8. The van der Waals surface area contributed by atoms with Gasteiger partial charge in [0, 0.05) is 12.2 Å². The Morgan fingerprint density at radius 3 is 2.63 bits per heavy atom. The highest BCUT2D eigenvalue weighted by molar-refractivity contribution is 6.04. The lowest BCUT2D eigenvalue weighted by molar-refractivity contribution is -0.141. The third kappa shape index (κ3) is 3.21. The first-order chi connectivity index (χ1) is 12.9. The van der Waals surface area contributed by atoms with Crippen LogP contribution in [0.2, 0.25) is 0 Å². The number of fused-ring (bicyclic) bond motifs is 1. The topological polar surface area (TPSA) is 83.6 Å². The summed E-state index contributed by atoms with van der Waals surface area (Å²) in [5, 5.41) is 11.7. The van der Waals surface area contributed by atoms with E-state index in [-0.39, 0.29) is 11.6 Å². The number of nitriles is 1. The molecule has 0 spiro atoms.